The monoisotopic (exact) mass is 469 g/mol. The molecule has 4 rings (SSSR count). The number of aryl methyl sites for hydroxylation is 1. The number of nitrogens with zero attached hydrogens (tertiary/aromatic N) is 3. The Bertz CT molecular complexity index is 1510. The summed E-state index contributed by atoms with van der Waals surface area (Å²) in [5.41, 5.74) is 4.38. The van der Waals surface area contributed by atoms with Crippen molar-refractivity contribution in [1.29, 1.82) is 0 Å². The first-order valence-electron chi connectivity index (χ1n) is 10.2. The maximum absolute atomic E-state index is 11.7. The normalized spacial score (nSPS) is 10.4. The second-order valence-electron chi connectivity index (χ2n) is 7.58. The van der Waals surface area contributed by atoms with Crippen molar-refractivity contribution in [1.82, 2.24) is 15.0 Å². The van der Waals surface area contributed by atoms with Gasteiger partial charge in [0.15, 0.2) is 0 Å². The molecule has 0 aromatic carbocycles. The number of carbonyl (C=O) groups is 2. The van der Waals surface area contributed by atoms with E-state index >= 15 is 0 Å². The Kier molecular flexibility index (Phi) is 6.21. The molecule has 0 unspecified atom stereocenters. The highest BCUT2D eigenvalue weighted by molar-refractivity contribution is 7.12. The van der Waals surface area contributed by atoms with Gasteiger partial charge in [-0.05, 0) is 68.3 Å². The van der Waals surface area contributed by atoms with Crippen molar-refractivity contribution in [2.45, 2.75) is 20.8 Å². The molecule has 0 amide bonds. The third-order valence-electron chi connectivity index (χ3n) is 5.37. The molecular weight excluding hydrogens is 450 g/mol. The number of carboxylic acid groups (broad SMARTS) is 2. The lowest BCUT2D eigenvalue weighted by Crippen LogP contribution is -2.02. The van der Waals surface area contributed by atoms with Gasteiger partial charge in [-0.15, -0.1) is 11.3 Å². The molecule has 34 heavy (non-hydrogen) atoms. The fourth-order valence-electron chi connectivity index (χ4n) is 3.26. The van der Waals surface area contributed by atoms with Gasteiger partial charge in [-0.2, -0.15) is 0 Å². The van der Waals surface area contributed by atoms with E-state index in [2.05, 4.69) is 47.6 Å². The maximum atomic E-state index is 11.7. The number of pyridine rings is 3. The third kappa shape index (κ3) is 4.70. The number of aromatic carboxylic acids is 2. The molecule has 4 aromatic heterocycles. The lowest BCUT2D eigenvalue weighted by molar-refractivity contribution is 0.0686. The predicted molar refractivity (Wildman–Crippen MR) is 129 cm³/mol. The van der Waals surface area contributed by atoms with Crippen LogP contribution in [0, 0.1) is 32.6 Å². The standard InChI is InChI=1S/C26H19N3O4S/c1-14-15(2)24(34-16(14)3)5-4-17-6-8-27-20(10-17)22-12-19(26(32)33)13-23(29-22)21-11-18(25(30)31)7-9-28-21/h6-13H,1-3H3,(H,30,31)(H,32,33). The summed E-state index contributed by atoms with van der Waals surface area (Å²) >= 11 is 1.65. The van der Waals surface area contributed by atoms with Gasteiger partial charge in [-0.1, -0.05) is 11.8 Å². The van der Waals surface area contributed by atoms with E-state index < -0.39 is 11.9 Å². The van der Waals surface area contributed by atoms with E-state index in [1.54, 1.807) is 29.7 Å². The average Bonchev–Trinajstić information content (AvgIpc) is 3.09. The zero-order chi connectivity index (χ0) is 24.4. The van der Waals surface area contributed by atoms with Crippen LogP contribution in [0.5, 0.6) is 0 Å². The summed E-state index contributed by atoms with van der Waals surface area (Å²) in [6.45, 7) is 6.20. The summed E-state index contributed by atoms with van der Waals surface area (Å²) in [4.78, 5) is 38.3. The van der Waals surface area contributed by atoms with Crippen LogP contribution >= 0.6 is 11.3 Å². The second-order valence-corrected chi connectivity index (χ2v) is 8.81. The molecule has 0 bridgehead atoms. The first-order chi connectivity index (χ1) is 16.2. The van der Waals surface area contributed by atoms with E-state index in [0.717, 1.165) is 4.88 Å². The third-order valence-corrected chi connectivity index (χ3v) is 6.60. The molecule has 0 radical (unpaired) electrons. The minimum absolute atomic E-state index is 0.0130. The topological polar surface area (TPSA) is 113 Å². The largest absolute Gasteiger partial charge is 0.478 e. The number of thiophene rings is 1. The van der Waals surface area contributed by atoms with Crippen LogP contribution in [0.3, 0.4) is 0 Å². The Morgan fingerprint density at radius 3 is 1.94 bits per heavy atom. The van der Waals surface area contributed by atoms with Gasteiger partial charge in [-0.3, -0.25) is 9.97 Å². The maximum Gasteiger partial charge on any atom is 0.335 e. The molecule has 7 nitrogen and oxygen atoms in total. The molecule has 4 heterocycles. The van der Waals surface area contributed by atoms with Crippen LogP contribution in [0.1, 0.15) is 47.2 Å². The molecule has 0 aliphatic heterocycles. The van der Waals surface area contributed by atoms with E-state index in [0.29, 0.717) is 17.0 Å². The molecule has 0 fully saturated rings. The zero-order valence-corrected chi connectivity index (χ0v) is 19.4. The van der Waals surface area contributed by atoms with Crippen molar-refractivity contribution < 1.29 is 19.8 Å². The van der Waals surface area contributed by atoms with Crippen molar-refractivity contribution in [3.05, 3.63) is 86.4 Å². The summed E-state index contributed by atoms with van der Waals surface area (Å²) in [5, 5.41) is 18.9. The SMILES string of the molecule is Cc1sc(C#Cc2ccnc(-c3cc(C(=O)O)cc(-c4cc(C(=O)O)ccn4)n3)c2)c(C)c1C. The lowest BCUT2D eigenvalue weighted by atomic mass is 10.1. The van der Waals surface area contributed by atoms with Crippen molar-refractivity contribution in [3.8, 4) is 34.6 Å². The minimum atomic E-state index is -1.14. The molecule has 2 N–H and O–H groups in total. The van der Waals surface area contributed by atoms with Crippen LogP contribution in [-0.4, -0.2) is 37.1 Å². The molecule has 0 atom stereocenters. The van der Waals surface area contributed by atoms with Gasteiger partial charge in [0.1, 0.15) is 0 Å². The Hall–Kier alpha value is -4.35. The van der Waals surface area contributed by atoms with Gasteiger partial charge in [0.2, 0.25) is 0 Å². The Morgan fingerprint density at radius 1 is 0.765 bits per heavy atom. The molecule has 0 saturated carbocycles. The number of hydrogen-bond acceptors (Lipinski definition) is 6. The Balaban J connectivity index is 1.77. The van der Waals surface area contributed by atoms with Crippen LogP contribution in [0.2, 0.25) is 0 Å². The summed E-state index contributed by atoms with van der Waals surface area (Å²) < 4.78 is 0. The highest BCUT2D eigenvalue weighted by atomic mass is 32.1. The average molecular weight is 470 g/mol. The molecule has 0 saturated heterocycles. The van der Waals surface area contributed by atoms with E-state index in [1.807, 2.05) is 0 Å². The van der Waals surface area contributed by atoms with Crippen molar-refractivity contribution in [2.24, 2.45) is 0 Å². The fraction of sp³-hybridized carbons (Fsp3) is 0.115. The highest BCUT2D eigenvalue weighted by Gasteiger charge is 2.15. The summed E-state index contributed by atoms with van der Waals surface area (Å²) in [7, 11) is 0. The fourth-order valence-corrected chi connectivity index (χ4v) is 4.28. The van der Waals surface area contributed by atoms with Gasteiger partial charge < -0.3 is 10.2 Å². The van der Waals surface area contributed by atoms with E-state index in [9.17, 15) is 19.8 Å². The number of carboxylic acids is 2. The molecule has 4 aromatic rings. The van der Waals surface area contributed by atoms with Gasteiger partial charge in [0.25, 0.3) is 0 Å². The zero-order valence-electron chi connectivity index (χ0n) is 18.6. The molecule has 0 aliphatic carbocycles. The van der Waals surface area contributed by atoms with Crippen LogP contribution in [0.25, 0.3) is 22.8 Å². The van der Waals surface area contributed by atoms with Crippen LogP contribution in [0.4, 0.5) is 0 Å². The van der Waals surface area contributed by atoms with Gasteiger partial charge >= 0.3 is 11.9 Å². The van der Waals surface area contributed by atoms with Gasteiger partial charge in [0.05, 0.1) is 38.8 Å². The summed E-state index contributed by atoms with van der Waals surface area (Å²) in [6, 6.07) is 9.00. The molecule has 168 valence electrons. The first kappa shape index (κ1) is 22.8. The number of aromatic nitrogens is 3. The van der Waals surface area contributed by atoms with Gasteiger partial charge in [-0.25, -0.2) is 14.6 Å². The Labute approximate surface area is 199 Å². The van der Waals surface area contributed by atoms with Crippen LogP contribution in [0.15, 0.2) is 48.8 Å². The van der Waals surface area contributed by atoms with E-state index in [-0.39, 0.29) is 22.5 Å². The number of hydrogen-bond donors (Lipinski definition) is 2. The number of rotatable bonds is 4. The molecule has 8 heteroatoms. The van der Waals surface area contributed by atoms with Gasteiger partial charge in [0, 0.05) is 22.8 Å². The van der Waals surface area contributed by atoms with Crippen LogP contribution < -0.4 is 0 Å². The van der Waals surface area contributed by atoms with Crippen molar-refractivity contribution >= 4 is 23.3 Å². The highest BCUT2D eigenvalue weighted by Crippen LogP contribution is 2.26. The van der Waals surface area contributed by atoms with E-state index in [4.69, 9.17) is 0 Å². The molecular formula is C26H19N3O4S. The van der Waals surface area contributed by atoms with Crippen LogP contribution in [-0.2, 0) is 0 Å². The summed E-state index contributed by atoms with van der Waals surface area (Å²) in [6.07, 6.45) is 2.94. The van der Waals surface area contributed by atoms with Crippen molar-refractivity contribution in [3.63, 3.8) is 0 Å². The van der Waals surface area contributed by atoms with Crippen molar-refractivity contribution in [2.75, 3.05) is 0 Å². The van der Waals surface area contributed by atoms with E-state index in [1.165, 1.54) is 46.5 Å². The predicted octanol–water partition coefficient (Wildman–Crippen LogP) is 4.99. The molecule has 0 aliphatic rings. The second kappa shape index (κ2) is 9.25. The molecule has 0 spiro atoms. The first-order valence-corrected chi connectivity index (χ1v) is 11.0. The summed E-state index contributed by atoms with van der Waals surface area (Å²) in [5.74, 6) is 4.11. The Morgan fingerprint density at radius 2 is 1.35 bits per heavy atom. The minimum Gasteiger partial charge on any atom is -0.478 e. The smallest absolute Gasteiger partial charge is 0.335 e. The quantitative estimate of drug-likeness (QED) is 0.405. The lowest BCUT2D eigenvalue weighted by Gasteiger charge is -2.07.